The lowest BCUT2D eigenvalue weighted by molar-refractivity contribution is -0.385. The van der Waals surface area contributed by atoms with Gasteiger partial charge in [0.15, 0.2) is 0 Å². The molecule has 104 valence electrons. The smallest absolute Gasteiger partial charge is 0.270 e. The van der Waals surface area contributed by atoms with Crippen LogP contribution in [0, 0.1) is 10.1 Å². The summed E-state index contributed by atoms with van der Waals surface area (Å²) in [5.41, 5.74) is -0.935. The van der Waals surface area contributed by atoms with Crippen LogP contribution in [0.4, 0.5) is 20.2 Å². The second kappa shape index (κ2) is 6.07. The summed E-state index contributed by atoms with van der Waals surface area (Å²) in [6, 6.07) is 2.33. The van der Waals surface area contributed by atoms with Crippen molar-refractivity contribution in [1.82, 2.24) is 5.32 Å². The lowest BCUT2D eigenvalue weighted by Crippen LogP contribution is -2.35. The van der Waals surface area contributed by atoms with Gasteiger partial charge in [-0.05, 0) is 13.0 Å². The second-order valence-corrected chi connectivity index (χ2v) is 3.81. The summed E-state index contributed by atoms with van der Waals surface area (Å²) in [6.07, 6.45) is -2.88. The molecule has 0 bridgehead atoms. The first-order chi connectivity index (χ1) is 8.86. The van der Waals surface area contributed by atoms with Gasteiger partial charge in [-0.1, -0.05) is 0 Å². The molecule has 0 spiro atoms. The molecule has 1 aromatic rings. The van der Waals surface area contributed by atoms with E-state index in [1.54, 1.807) is 0 Å². The summed E-state index contributed by atoms with van der Waals surface area (Å²) in [5.74, 6) is -0.376. The zero-order chi connectivity index (χ0) is 14.6. The Labute approximate surface area is 108 Å². The fraction of sp³-hybridized carbons (Fsp3) is 0.364. The van der Waals surface area contributed by atoms with Crippen molar-refractivity contribution in [3.63, 3.8) is 0 Å². The van der Waals surface area contributed by atoms with Gasteiger partial charge >= 0.3 is 0 Å². The number of halogens is 2. The Morgan fingerprint density at radius 3 is 2.53 bits per heavy atom. The van der Waals surface area contributed by atoms with E-state index in [0.29, 0.717) is 0 Å². The molecular formula is C11H13F2N3O3. The van der Waals surface area contributed by atoms with E-state index in [2.05, 4.69) is 10.6 Å². The minimum absolute atomic E-state index is 0.00306. The number of anilines is 1. The molecular weight excluding hydrogens is 260 g/mol. The van der Waals surface area contributed by atoms with Crippen molar-refractivity contribution in [3.05, 3.63) is 33.9 Å². The third-order valence-electron chi connectivity index (χ3n) is 2.49. The summed E-state index contributed by atoms with van der Waals surface area (Å²) in [4.78, 5) is 21.1. The van der Waals surface area contributed by atoms with Crippen molar-refractivity contribution in [2.24, 2.45) is 0 Å². The molecule has 1 unspecified atom stereocenters. The van der Waals surface area contributed by atoms with Gasteiger partial charge in [-0.15, -0.1) is 0 Å². The number of hydrogen-bond acceptors (Lipinski definition) is 4. The molecule has 1 amide bonds. The number of likely N-dealkylation sites (N-methyl/N-ethyl adjacent to an activating group) is 1. The number of benzene rings is 1. The number of alkyl halides is 2. The quantitative estimate of drug-likeness (QED) is 0.635. The van der Waals surface area contributed by atoms with Gasteiger partial charge in [-0.2, -0.15) is 0 Å². The highest BCUT2D eigenvalue weighted by Gasteiger charge is 2.20. The van der Waals surface area contributed by atoms with E-state index in [-0.39, 0.29) is 11.6 Å². The van der Waals surface area contributed by atoms with Gasteiger partial charge in [-0.3, -0.25) is 14.9 Å². The van der Waals surface area contributed by atoms with Crippen LogP contribution in [0.15, 0.2) is 18.2 Å². The number of nitro benzene ring substituents is 1. The van der Waals surface area contributed by atoms with Gasteiger partial charge in [0.05, 0.1) is 4.92 Å². The average Bonchev–Trinajstić information content (AvgIpc) is 2.37. The van der Waals surface area contributed by atoms with Gasteiger partial charge < -0.3 is 10.6 Å². The first kappa shape index (κ1) is 14.8. The molecule has 0 aromatic heterocycles. The third kappa shape index (κ3) is 3.60. The monoisotopic (exact) mass is 273 g/mol. The largest absolute Gasteiger partial charge is 0.374 e. The number of nitrogens with zero attached hydrogens (tertiary/aromatic N) is 1. The van der Waals surface area contributed by atoms with E-state index >= 15 is 0 Å². The Kier molecular flexibility index (Phi) is 4.74. The number of nitrogens with one attached hydrogen (secondary N) is 2. The predicted octanol–water partition coefficient (Wildman–Crippen LogP) is 2.08. The molecule has 0 saturated carbocycles. The van der Waals surface area contributed by atoms with Gasteiger partial charge in [0.1, 0.15) is 6.04 Å². The van der Waals surface area contributed by atoms with Crippen LogP contribution < -0.4 is 10.6 Å². The van der Waals surface area contributed by atoms with E-state index in [0.717, 1.165) is 12.1 Å². The summed E-state index contributed by atoms with van der Waals surface area (Å²) in [6.45, 7) is 1.50. The number of rotatable bonds is 5. The first-order valence-electron chi connectivity index (χ1n) is 5.41. The molecule has 2 N–H and O–H groups in total. The van der Waals surface area contributed by atoms with E-state index in [1.165, 1.54) is 20.0 Å². The highest BCUT2D eigenvalue weighted by Crippen LogP contribution is 2.31. The van der Waals surface area contributed by atoms with Gasteiger partial charge in [-0.25, -0.2) is 8.78 Å². The standard InChI is InChI=1S/C11H13F2N3O3/c1-6(11(17)14-2)15-9-4-3-7(16(18)19)5-8(9)10(12)13/h3-6,10,15H,1-2H3,(H,14,17). The van der Waals surface area contributed by atoms with Crippen molar-refractivity contribution in [1.29, 1.82) is 0 Å². The maximum Gasteiger partial charge on any atom is 0.270 e. The van der Waals surface area contributed by atoms with Crippen molar-refractivity contribution in [3.8, 4) is 0 Å². The average molecular weight is 273 g/mol. The number of carbonyl (C=O) groups is 1. The van der Waals surface area contributed by atoms with Crippen molar-refractivity contribution >= 4 is 17.3 Å². The molecule has 0 aliphatic carbocycles. The van der Waals surface area contributed by atoms with E-state index in [9.17, 15) is 23.7 Å². The summed E-state index contributed by atoms with van der Waals surface area (Å²) < 4.78 is 25.7. The molecule has 0 saturated heterocycles. The highest BCUT2D eigenvalue weighted by molar-refractivity contribution is 5.84. The minimum Gasteiger partial charge on any atom is -0.374 e. The first-order valence-corrected chi connectivity index (χ1v) is 5.41. The summed E-state index contributed by atoms with van der Waals surface area (Å²) in [7, 11) is 1.42. The molecule has 0 aliphatic heterocycles. The fourth-order valence-corrected chi connectivity index (χ4v) is 1.49. The maximum atomic E-state index is 12.8. The minimum atomic E-state index is -2.88. The van der Waals surface area contributed by atoms with Crippen LogP contribution in [-0.4, -0.2) is 23.9 Å². The second-order valence-electron chi connectivity index (χ2n) is 3.81. The zero-order valence-corrected chi connectivity index (χ0v) is 10.3. The van der Waals surface area contributed by atoms with Crippen molar-refractivity contribution < 1.29 is 18.5 Å². The highest BCUT2D eigenvalue weighted by atomic mass is 19.3. The van der Waals surface area contributed by atoms with Crippen LogP contribution in [0.1, 0.15) is 18.9 Å². The maximum absolute atomic E-state index is 12.8. The Morgan fingerprint density at radius 1 is 1.42 bits per heavy atom. The summed E-state index contributed by atoms with van der Waals surface area (Å²) >= 11 is 0. The Balaban J connectivity index is 3.07. The lowest BCUT2D eigenvalue weighted by Gasteiger charge is -2.16. The number of amides is 1. The number of non-ortho nitro benzene ring substituents is 1. The molecule has 8 heteroatoms. The number of hydrogen-bond donors (Lipinski definition) is 2. The van der Waals surface area contributed by atoms with Crippen LogP contribution in [0.3, 0.4) is 0 Å². The third-order valence-corrected chi connectivity index (χ3v) is 2.49. The molecule has 1 atom stereocenters. The number of nitro groups is 1. The van der Waals surface area contributed by atoms with E-state index in [4.69, 9.17) is 0 Å². The Hall–Kier alpha value is -2.25. The number of carbonyl (C=O) groups excluding carboxylic acids is 1. The van der Waals surface area contributed by atoms with Crippen LogP contribution in [0.25, 0.3) is 0 Å². The summed E-state index contributed by atoms with van der Waals surface area (Å²) in [5, 5.41) is 15.5. The van der Waals surface area contributed by atoms with Gasteiger partial charge in [0, 0.05) is 30.4 Å². The lowest BCUT2D eigenvalue weighted by atomic mass is 10.1. The van der Waals surface area contributed by atoms with Crippen LogP contribution in [0.5, 0.6) is 0 Å². The molecule has 1 aromatic carbocycles. The molecule has 0 heterocycles. The zero-order valence-electron chi connectivity index (χ0n) is 10.3. The van der Waals surface area contributed by atoms with Gasteiger partial charge in [0.25, 0.3) is 12.1 Å². The van der Waals surface area contributed by atoms with E-state index < -0.39 is 28.6 Å². The van der Waals surface area contributed by atoms with Crippen LogP contribution >= 0.6 is 0 Å². The van der Waals surface area contributed by atoms with Crippen molar-refractivity contribution in [2.75, 3.05) is 12.4 Å². The van der Waals surface area contributed by atoms with E-state index in [1.807, 2.05) is 0 Å². The van der Waals surface area contributed by atoms with Crippen LogP contribution in [0.2, 0.25) is 0 Å². The molecule has 0 fully saturated rings. The molecule has 1 rings (SSSR count). The van der Waals surface area contributed by atoms with Crippen molar-refractivity contribution in [2.45, 2.75) is 19.4 Å². The van der Waals surface area contributed by atoms with Crippen LogP contribution in [-0.2, 0) is 4.79 Å². The topological polar surface area (TPSA) is 84.3 Å². The molecule has 6 nitrogen and oxygen atoms in total. The Bertz CT molecular complexity index is 494. The molecule has 0 aliphatic rings. The molecule has 0 radical (unpaired) electrons. The Morgan fingerprint density at radius 2 is 2.05 bits per heavy atom. The SMILES string of the molecule is CNC(=O)C(C)Nc1ccc([N+](=O)[O-])cc1C(F)F. The normalized spacial score (nSPS) is 12.1. The van der Waals surface area contributed by atoms with Gasteiger partial charge in [0.2, 0.25) is 5.91 Å². The predicted molar refractivity (Wildman–Crippen MR) is 65.2 cm³/mol. The molecule has 19 heavy (non-hydrogen) atoms. The fourth-order valence-electron chi connectivity index (χ4n) is 1.49.